The summed E-state index contributed by atoms with van der Waals surface area (Å²) in [6, 6.07) is 2.50. The molecule has 0 atom stereocenters. The molecule has 0 unspecified atom stereocenters. The smallest absolute Gasteiger partial charge is 0.297 e. The van der Waals surface area contributed by atoms with Crippen molar-refractivity contribution in [3.63, 3.8) is 0 Å². The third kappa shape index (κ3) is 2.15. The van der Waals surface area contributed by atoms with Gasteiger partial charge in [-0.1, -0.05) is 0 Å². The topological polar surface area (TPSA) is 68.1 Å². The van der Waals surface area contributed by atoms with Gasteiger partial charge in [0.2, 0.25) is 0 Å². The maximum atomic E-state index is 13.7. The number of hydrogen-bond acceptors (Lipinski definition) is 4. The number of rotatable bonds is 3. The summed E-state index contributed by atoms with van der Waals surface area (Å²) in [5, 5.41) is 4.01. The zero-order chi connectivity index (χ0) is 15.1. The van der Waals surface area contributed by atoms with Gasteiger partial charge in [0.05, 0.1) is 22.3 Å². The van der Waals surface area contributed by atoms with Crippen molar-refractivity contribution >= 4 is 33.3 Å². The zero-order valence-corrected chi connectivity index (χ0v) is 12.6. The van der Waals surface area contributed by atoms with E-state index in [1.165, 1.54) is 23.4 Å². The molecule has 8 heteroatoms. The van der Waals surface area contributed by atoms with Crippen LogP contribution in [-0.2, 0) is 17.9 Å². The number of halogens is 2. The molecule has 0 bridgehead atoms. The Balaban J connectivity index is 2.03. The van der Waals surface area contributed by atoms with E-state index in [9.17, 15) is 14.0 Å². The van der Waals surface area contributed by atoms with E-state index in [4.69, 9.17) is 0 Å². The van der Waals surface area contributed by atoms with Crippen LogP contribution in [0.2, 0.25) is 0 Å². The van der Waals surface area contributed by atoms with Crippen LogP contribution in [0.1, 0.15) is 23.1 Å². The second-order valence-electron chi connectivity index (χ2n) is 4.50. The van der Waals surface area contributed by atoms with Crippen LogP contribution in [0, 0.1) is 5.82 Å². The van der Waals surface area contributed by atoms with Crippen molar-refractivity contribution in [1.29, 1.82) is 0 Å². The number of aryl methyl sites for hydroxylation is 1. The fourth-order valence-electron chi connectivity index (χ4n) is 2.26. The minimum Gasteiger partial charge on any atom is -0.297 e. The second-order valence-corrected chi connectivity index (χ2v) is 5.35. The maximum Gasteiger partial charge on any atom is 0.299 e. The molecule has 0 N–H and O–H groups in total. The normalized spacial score (nSPS) is 14.0. The lowest BCUT2D eigenvalue weighted by Gasteiger charge is -2.16. The number of benzene rings is 1. The third-order valence-corrected chi connectivity index (χ3v) is 3.92. The van der Waals surface area contributed by atoms with Gasteiger partial charge < -0.3 is 0 Å². The standard InChI is InChI=1S/C13H10BrFN4O2/c1-2-19-11(16-6-17-19)5-18-10-4-9(15)8(14)3-7(10)12(20)13(18)21/h3-4,6H,2,5H2,1H3. The van der Waals surface area contributed by atoms with E-state index in [0.717, 1.165) is 0 Å². The first kappa shape index (κ1) is 13.9. The van der Waals surface area contributed by atoms with Crippen molar-refractivity contribution in [3.05, 3.63) is 40.1 Å². The number of carbonyl (C=O) groups excluding carboxylic acids is 2. The number of fused-ring (bicyclic) bond motifs is 1. The summed E-state index contributed by atoms with van der Waals surface area (Å²) in [6.45, 7) is 2.55. The van der Waals surface area contributed by atoms with Gasteiger partial charge in [0.1, 0.15) is 18.0 Å². The molecule has 3 rings (SSSR count). The van der Waals surface area contributed by atoms with Crippen LogP contribution in [-0.4, -0.2) is 26.5 Å². The molecule has 1 amide bonds. The first-order valence-electron chi connectivity index (χ1n) is 6.24. The van der Waals surface area contributed by atoms with Gasteiger partial charge in [-0.15, -0.1) is 0 Å². The summed E-state index contributed by atoms with van der Waals surface area (Å²) in [7, 11) is 0. The van der Waals surface area contributed by atoms with Crippen LogP contribution < -0.4 is 4.90 Å². The third-order valence-electron chi connectivity index (χ3n) is 3.31. The van der Waals surface area contributed by atoms with Crippen LogP contribution in [0.5, 0.6) is 0 Å². The highest BCUT2D eigenvalue weighted by Crippen LogP contribution is 2.34. The molecule has 0 fully saturated rings. The lowest BCUT2D eigenvalue weighted by molar-refractivity contribution is -0.114. The Labute approximate surface area is 127 Å². The number of hydrogen-bond donors (Lipinski definition) is 0. The molecule has 2 heterocycles. The fourth-order valence-corrected chi connectivity index (χ4v) is 2.61. The molecule has 1 aliphatic rings. The van der Waals surface area contributed by atoms with Crippen LogP contribution in [0.15, 0.2) is 22.9 Å². The summed E-state index contributed by atoms with van der Waals surface area (Å²) < 4.78 is 15.5. The van der Waals surface area contributed by atoms with Gasteiger partial charge in [0.25, 0.3) is 11.7 Å². The minimum atomic E-state index is -0.687. The number of nitrogens with zero attached hydrogens (tertiary/aromatic N) is 4. The molecular weight excluding hydrogens is 343 g/mol. The number of ketones is 1. The molecule has 1 aromatic heterocycles. The molecule has 0 saturated carbocycles. The average Bonchev–Trinajstić information content (AvgIpc) is 3.00. The highest BCUT2D eigenvalue weighted by Gasteiger charge is 2.37. The Morgan fingerprint density at radius 3 is 2.81 bits per heavy atom. The van der Waals surface area contributed by atoms with Crippen molar-refractivity contribution in [3.8, 4) is 0 Å². The summed E-state index contributed by atoms with van der Waals surface area (Å²) >= 11 is 3.02. The maximum absolute atomic E-state index is 13.7. The van der Waals surface area contributed by atoms with E-state index in [1.807, 2.05) is 6.92 Å². The predicted octanol–water partition coefficient (Wildman–Crippen LogP) is 1.93. The molecule has 1 aromatic carbocycles. The predicted molar refractivity (Wildman–Crippen MR) is 75.3 cm³/mol. The van der Waals surface area contributed by atoms with E-state index >= 15 is 0 Å². The van der Waals surface area contributed by atoms with Crippen LogP contribution in [0.25, 0.3) is 0 Å². The quantitative estimate of drug-likeness (QED) is 0.791. The van der Waals surface area contributed by atoms with Gasteiger partial charge in [-0.25, -0.2) is 14.1 Å². The summed E-state index contributed by atoms with van der Waals surface area (Å²) in [5.41, 5.74) is 0.451. The molecule has 2 aromatic rings. The molecule has 1 aliphatic heterocycles. The monoisotopic (exact) mass is 352 g/mol. The Bertz CT molecular complexity index is 759. The lowest BCUT2D eigenvalue weighted by Crippen LogP contribution is -2.30. The van der Waals surface area contributed by atoms with Crippen molar-refractivity contribution in [2.75, 3.05) is 4.90 Å². The van der Waals surface area contributed by atoms with Crippen molar-refractivity contribution < 1.29 is 14.0 Å². The number of anilines is 1. The van der Waals surface area contributed by atoms with Gasteiger partial charge in [0, 0.05) is 6.54 Å². The van der Waals surface area contributed by atoms with E-state index in [-0.39, 0.29) is 22.3 Å². The van der Waals surface area contributed by atoms with Crippen molar-refractivity contribution in [2.45, 2.75) is 20.0 Å². The van der Waals surface area contributed by atoms with Gasteiger partial charge in [-0.3, -0.25) is 14.5 Å². The Morgan fingerprint density at radius 1 is 1.33 bits per heavy atom. The molecule has 0 spiro atoms. The van der Waals surface area contributed by atoms with Crippen LogP contribution in [0.4, 0.5) is 10.1 Å². The molecule has 0 saturated heterocycles. The molecule has 0 aliphatic carbocycles. The highest BCUT2D eigenvalue weighted by molar-refractivity contribution is 9.10. The second kappa shape index (κ2) is 5.03. The summed E-state index contributed by atoms with van der Waals surface area (Å²) in [6.07, 6.45) is 1.38. The molecule has 108 valence electrons. The zero-order valence-electron chi connectivity index (χ0n) is 11.0. The molecule has 0 radical (unpaired) electrons. The van der Waals surface area contributed by atoms with E-state index in [1.54, 1.807) is 4.68 Å². The average molecular weight is 353 g/mol. The molecular formula is C13H10BrFN4O2. The van der Waals surface area contributed by atoms with E-state index < -0.39 is 17.5 Å². The van der Waals surface area contributed by atoms with Crippen molar-refractivity contribution in [2.24, 2.45) is 0 Å². The first-order chi connectivity index (χ1) is 10.0. The first-order valence-corrected chi connectivity index (χ1v) is 7.04. The van der Waals surface area contributed by atoms with E-state index in [0.29, 0.717) is 12.4 Å². The fraction of sp³-hybridized carbons (Fsp3) is 0.231. The Hall–Kier alpha value is -2.09. The Kier molecular flexibility index (Phi) is 3.32. The van der Waals surface area contributed by atoms with Gasteiger partial charge in [-0.2, -0.15) is 5.10 Å². The lowest BCUT2D eigenvalue weighted by atomic mass is 10.1. The number of amides is 1. The van der Waals surface area contributed by atoms with Gasteiger partial charge in [-0.05, 0) is 35.0 Å². The van der Waals surface area contributed by atoms with Crippen molar-refractivity contribution in [1.82, 2.24) is 14.8 Å². The van der Waals surface area contributed by atoms with Crippen LogP contribution >= 0.6 is 15.9 Å². The Morgan fingerprint density at radius 2 is 2.10 bits per heavy atom. The van der Waals surface area contributed by atoms with Gasteiger partial charge in [0.15, 0.2) is 0 Å². The summed E-state index contributed by atoms with van der Waals surface area (Å²) in [4.78, 5) is 29.4. The summed E-state index contributed by atoms with van der Waals surface area (Å²) in [5.74, 6) is -1.32. The number of Topliss-reactive ketones (excluding diaryl/α,β-unsaturated/α-hetero) is 1. The van der Waals surface area contributed by atoms with E-state index in [2.05, 4.69) is 26.0 Å². The number of carbonyl (C=O) groups is 2. The largest absolute Gasteiger partial charge is 0.299 e. The SMILES string of the molecule is CCn1ncnc1CN1C(=O)C(=O)c2cc(Br)c(F)cc21. The van der Waals surface area contributed by atoms with Crippen LogP contribution in [0.3, 0.4) is 0 Å². The highest BCUT2D eigenvalue weighted by atomic mass is 79.9. The van der Waals surface area contributed by atoms with Gasteiger partial charge >= 0.3 is 0 Å². The minimum absolute atomic E-state index is 0.0759. The molecule has 21 heavy (non-hydrogen) atoms. The molecule has 6 nitrogen and oxygen atoms in total. The number of aromatic nitrogens is 3.